The van der Waals surface area contributed by atoms with Crippen molar-refractivity contribution in [1.29, 1.82) is 0 Å². The van der Waals surface area contributed by atoms with Gasteiger partial charge in [-0.15, -0.1) is 0 Å². The Morgan fingerprint density at radius 2 is 0.538 bits per heavy atom. The van der Waals surface area contributed by atoms with Crippen molar-refractivity contribution in [2.24, 2.45) is 0 Å². The number of hydrogen-bond donors (Lipinski definition) is 0. The van der Waals surface area contributed by atoms with E-state index in [1.807, 2.05) is 0 Å². The summed E-state index contributed by atoms with van der Waals surface area (Å²) >= 11 is 0. The van der Waals surface area contributed by atoms with Crippen LogP contribution in [0.2, 0.25) is 0 Å². The zero-order valence-corrected chi connectivity index (χ0v) is 12.3. The molecule has 0 saturated carbocycles. The fourth-order valence-corrected chi connectivity index (χ4v) is 0. The largest absolute Gasteiger partial charge is 3.00 e. The van der Waals surface area contributed by atoms with Crippen LogP contribution in [0.3, 0.4) is 0 Å². The van der Waals surface area contributed by atoms with E-state index in [1.165, 1.54) is 0 Å². The molecule has 0 aliphatic heterocycles. The van der Waals surface area contributed by atoms with Crippen LogP contribution >= 0.6 is 0 Å². The van der Waals surface area contributed by atoms with Crippen molar-refractivity contribution < 1.29 is 113 Å². The van der Waals surface area contributed by atoms with Crippen molar-refractivity contribution in [3.05, 3.63) is 0 Å². The van der Waals surface area contributed by atoms with Gasteiger partial charge in [-0.1, -0.05) is 0 Å². The van der Waals surface area contributed by atoms with Crippen molar-refractivity contribution >= 4 is 18.1 Å². The Bertz CT molecular complexity index is 60.6. The standard InChI is InChI=1S/Lu.2O4Si.H4O.Y/c;2*1-5(2,3)4;;/h;;;1H4;/q+3;2*-4;+2;+3. The van der Waals surface area contributed by atoms with Crippen molar-refractivity contribution in [3.8, 4) is 0 Å². The minimum Gasteiger partial charge on any atom is -0.894 e. The first-order valence-corrected chi connectivity index (χ1v) is 4.90. The van der Waals surface area contributed by atoms with E-state index in [1.54, 1.807) is 0 Å². The molecule has 9 nitrogen and oxygen atoms in total. The maximum atomic E-state index is 8.58. The molecule has 0 radical (unpaired) electrons. The summed E-state index contributed by atoms with van der Waals surface area (Å²) in [4.78, 5) is 68.6. The topological polar surface area (TPSA) is 219 Å². The molecule has 13 heteroatoms. The van der Waals surface area contributed by atoms with Crippen LogP contribution in [0.1, 0.15) is 0 Å². The summed E-state index contributed by atoms with van der Waals surface area (Å²) in [7, 11) is -11.2. The van der Waals surface area contributed by atoms with Crippen molar-refractivity contribution in [1.82, 2.24) is 0 Å². The first-order valence-electron chi connectivity index (χ1n) is 1.63. The van der Waals surface area contributed by atoms with Crippen LogP contribution in [-0.2, 0) is 38.2 Å². The molecule has 0 rings (SSSR count). The number of hydrogen-bond acceptors (Lipinski definition) is 8. The maximum Gasteiger partial charge on any atom is 3.00 e. The molecule has 0 aliphatic carbocycles. The zero-order valence-electron chi connectivity index (χ0n) is 5.81. The van der Waals surface area contributed by atoms with E-state index in [4.69, 9.17) is 38.4 Å². The van der Waals surface area contributed by atoms with Crippen molar-refractivity contribution in [3.63, 3.8) is 0 Å². The van der Waals surface area contributed by atoms with Gasteiger partial charge in [0.15, 0.2) is 0 Å². The molecule has 0 heterocycles. The average molecular weight is 468 g/mol. The second-order valence-corrected chi connectivity index (χ2v) is 3.00. The van der Waals surface area contributed by atoms with Gasteiger partial charge in [0.1, 0.15) is 0 Å². The Morgan fingerprint density at radius 1 is 0.538 bits per heavy atom. The number of rotatable bonds is 0. The Labute approximate surface area is 130 Å². The second kappa shape index (κ2) is 12.5. The summed E-state index contributed by atoms with van der Waals surface area (Å²) < 4.78 is 0. The van der Waals surface area contributed by atoms with E-state index in [0.29, 0.717) is 0 Å². The monoisotopic (exact) mass is 468 g/mol. The summed E-state index contributed by atoms with van der Waals surface area (Å²) in [6.45, 7) is 0. The van der Waals surface area contributed by atoms with Crippen LogP contribution in [0.25, 0.3) is 0 Å². The summed E-state index contributed by atoms with van der Waals surface area (Å²) in [6.07, 6.45) is 0. The minimum absolute atomic E-state index is 0. The molecule has 0 bridgehead atoms. The van der Waals surface area contributed by atoms with Gasteiger partial charge in [0.2, 0.25) is 0 Å². The molecule has 0 atom stereocenters. The van der Waals surface area contributed by atoms with Crippen LogP contribution in [0.4, 0.5) is 0 Å². The van der Waals surface area contributed by atoms with E-state index in [-0.39, 0.29) is 75.1 Å². The van der Waals surface area contributed by atoms with E-state index >= 15 is 0 Å². The Hall–Kier alpha value is 2.41. The van der Waals surface area contributed by atoms with Gasteiger partial charge in [-0.3, -0.25) is 0 Å². The van der Waals surface area contributed by atoms with E-state index in [2.05, 4.69) is 0 Å². The molecule has 0 aromatic carbocycles. The molecule has 0 saturated heterocycles. The van der Waals surface area contributed by atoms with Crippen LogP contribution < -0.4 is 38.4 Å². The molecular formula is H4LuO9Si2Y. The summed E-state index contributed by atoms with van der Waals surface area (Å²) in [5.41, 5.74) is 0. The molecular weight excluding hydrogens is 464 g/mol. The molecule has 0 aliphatic rings. The predicted molar refractivity (Wildman–Crippen MR) is 17.8 cm³/mol. The second-order valence-electron chi connectivity index (χ2n) is 1.00. The van der Waals surface area contributed by atoms with Gasteiger partial charge in [0, 0.05) is 0 Å². The van der Waals surface area contributed by atoms with Crippen LogP contribution in [0, 0.1) is 36.9 Å². The van der Waals surface area contributed by atoms with Gasteiger partial charge < -0.3 is 61.9 Å². The van der Waals surface area contributed by atoms with Gasteiger partial charge in [-0.05, 0) is 0 Å². The van der Waals surface area contributed by atoms with E-state index in [9.17, 15) is 0 Å². The third-order valence-corrected chi connectivity index (χ3v) is 0. The fourth-order valence-electron chi connectivity index (χ4n) is 0. The van der Waals surface area contributed by atoms with Crippen LogP contribution in [0.5, 0.6) is 0 Å². The molecule has 0 spiro atoms. The first kappa shape index (κ1) is 29.5. The first-order chi connectivity index (χ1) is 4.00. The SMILES string of the molecule is [Lu+3].[O-][Si]([O-])([O-])[O-].[O-][Si]([O-])([O-])[O-].[OH4+2].[Y+3]. The van der Waals surface area contributed by atoms with Gasteiger partial charge >= 0.3 is 69.6 Å². The molecule has 0 unspecified atom stereocenters. The Morgan fingerprint density at radius 3 is 0.538 bits per heavy atom. The summed E-state index contributed by atoms with van der Waals surface area (Å²) in [5.74, 6) is 0. The van der Waals surface area contributed by atoms with E-state index in [0.717, 1.165) is 0 Å². The summed E-state index contributed by atoms with van der Waals surface area (Å²) in [5, 5.41) is 0. The maximum absolute atomic E-state index is 8.58. The molecule has 0 aromatic heterocycles. The molecule has 0 amide bonds. The van der Waals surface area contributed by atoms with Gasteiger partial charge in [-0.2, -0.15) is 0 Å². The summed E-state index contributed by atoms with van der Waals surface area (Å²) in [6, 6.07) is 0. The Kier molecular flexibility index (Phi) is 28.3. The zero-order chi connectivity index (χ0) is 9.00. The fraction of sp³-hybridized carbons (Fsp3) is 0. The van der Waals surface area contributed by atoms with Crippen LogP contribution in [-0.4, -0.2) is 18.1 Å². The molecule has 13 heavy (non-hydrogen) atoms. The molecule has 4 N–H and O–H groups in total. The van der Waals surface area contributed by atoms with E-state index < -0.39 is 18.1 Å². The van der Waals surface area contributed by atoms with Crippen LogP contribution in [0.15, 0.2) is 0 Å². The predicted octanol–water partition coefficient (Wildman–Crippen LogP) is -11.5. The third kappa shape index (κ3) is 382. The minimum atomic E-state index is -5.61. The Balaban J connectivity index is -0.0000000267. The average Bonchev–Trinajstić information content (AvgIpc) is 1.12. The molecule has 0 fully saturated rings. The van der Waals surface area contributed by atoms with Gasteiger partial charge in [0.25, 0.3) is 0 Å². The van der Waals surface area contributed by atoms with Crippen molar-refractivity contribution in [2.45, 2.75) is 0 Å². The van der Waals surface area contributed by atoms with Gasteiger partial charge in [0.05, 0.1) is 0 Å². The smallest absolute Gasteiger partial charge is 0.894 e. The molecule has 0 aromatic rings. The third-order valence-electron chi connectivity index (χ3n) is 0. The van der Waals surface area contributed by atoms with Gasteiger partial charge in [-0.25, -0.2) is 0 Å². The normalized spacial score (nSPS) is 9.23. The van der Waals surface area contributed by atoms with Crippen molar-refractivity contribution in [2.75, 3.05) is 0 Å². The molecule has 84 valence electrons. The quantitative estimate of drug-likeness (QED) is 0.310.